The lowest BCUT2D eigenvalue weighted by atomic mass is 10.3. The number of hydrogen-bond donors (Lipinski definition) is 3. The summed E-state index contributed by atoms with van der Waals surface area (Å²) in [5.41, 5.74) is 2.39. The monoisotopic (exact) mass is 286 g/mol. The van der Waals surface area contributed by atoms with Crippen LogP contribution < -0.4 is 16.6 Å². The molecule has 0 atom stereocenters. The van der Waals surface area contributed by atoms with Crippen molar-refractivity contribution in [3.63, 3.8) is 0 Å². The molecule has 4 N–H and O–H groups in total. The van der Waals surface area contributed by atoms with Gasteiger partial charge in [-0.1, -0.05) is 11.6 Å². The van der Waals surface area contributed by atoms with Crippen molar-refractivity contribution in [3.8, 4) is 0 Å². The Balaban J connectivity index is 1.72. The Labute approximate surface area is 117 Å². The van der Waals surface area contributed by atoms with Gasteiger partial charge in [-0.3, -0.25) is 10.3 Å². The van der Waals surface area contributed by atoms with E-state index >= 15 is 0 Å². The molecule has 7 nitrogen and oxygen atoms in total. The second kappa shape index (κ2) is 7.44. The van der Waals surface area contributed by atoms with Crippen molar-refractivity contribution in [1.82, 2.24) is 14.9 Å². The Hall–Kier alpha value is -1.15. The average molecular weight is 287 g/mol. The number of nitrogens with one attached hydrogen (secondary N) is 2. The van der Waals surface area contributed by atoms with Gasteiger partial charge in [0.05, 0.1) is 19.4 Å². The third kappa shape index (κ3) is 4.46. The van der Waals surface area contributed by atoms with Gasteiger partial charge in [-0.25, -0.2) is 10.8 Å². The van der Waals surface area contributed by atoms with Crippen LogP contribution in [0.5, 0.6) is 0 Å². The molecule has 0 amide bonds. The highest BCUT2D eigenvalue weighted by molar-refractivity contribution is 6.32. The van der Waals surface area contributed by atoms with Crippen molar-refractivity contribution in [2.75, 3.05) is 50.1 Å². The van der Waals surface area contributed by atoms with Crippen molar-refractivity contribution >= 4 is 23.4 Å². The molecule has 1 saturated heterocycles. The molecular weight excluding hydrogens is 268 g/mol. The highest BCUT2D eigenvalue weighted by atomic mass is 35.5. The number of nitrogen functional groups attached to an aromatic ring is 1. The van der Waals surface area contributed by atoms with Crippen LogP contribution >= 0.6 is 11.6 Å². The summed E-state index contributed by atoms with van der Waals surface area (Å²) >= 11 is 6.00. The van der Waals surface area contributed by atoms with E-state index < -0.39 is 0 Å². The van der Waals surface area contributed by atoms with Crippen LogP contribution in [0.1, 0.15) is 6.42 Å². The molecule has 0 aliphatic carbocycles. The number of nitrogens with two attached hydrogens (primary N) is 1. The largest absolute Gasteiger partial charge is 0.379 e. The van der Waals surface area contributed by atoms with Crippen LogP contribution in [0, 0.1) is 0 Å². The summed E-state index contributed by atoms with van der Waals surface area (Å²) < 4.78 is 5.31. The van der Waals surface area contributed by atoms with E-state index in [0.29, 0.717) is 16.8 Å². The van der Waals surface area contributed by atoms with Gasteiger partial charge < -0.3 is 10.1 Å². The number of halogens is 1. The molecule has 1 fully saturated rings. The number of hydrogen-bond acceptors (Lipinski definition) is 7. The number of hydrazine groups is 1. The number of anilines is 2. The lowest BCUT2D eigenvalue weighted by Crippen LogP contribution is -2.37. The molecule has 0 aromatic carbocycles. The first-order valence-corrected chi connectivity index (χ1v) is 6.70. The molecule has 1 aromatic rings. The smallest absolute Gasteiger partial charge is 0.239 e. The standard InChI is InChI=1S/C11H19ClN6O/c12-9-8-15-11(17-13)16-10(9)14-2-1-3-18-4-6-19-7-5-18/h8H,1-7,13H2,(H2,14,15,16,17). The second-order valence-corrected chi connectivity index (χ2v) is 4.68. The Kier molecular flexibility index (Phi) is 5.59. The summed E-state index contributed by atoms with van der Waals surface area (Å²) in [5, 5.41) is 3.68. The first-order valence-electron chi connectivity index (χ1n) is 6.32. The zero-order valence-corrected chi connectivity index (χ0v) is 11.5. The lowest BCUT2D eigenvalue weighted by Gasteiger charge is -2.26. The summed E-state index contributed by atoms with van der Waals surface area (Å²) in [5.74, 6) is 6.21. The number of aromatic nitrogens is 2. The van der Waals surface area contributed by atoms with Gasteiger partial charge in [-0.15, -0.1) is 0 Å². The SMILES string of the molecule is NNc1ncc(Cl)c(NCCCN2CCOCC2)n1. The molecule has 0 bridgehead atoms. The highest BCUT2D eigenvalue weighted by Crippen LogP contribution is 2.18. The van der Waals surface area contributed by atoms with Crippen molar-refractivity contribution in [3.05, 3.63) is 11.2 Å². The fraction of sp³-hybridized carbons (Fsp3) is 0.636. The maximum Gasteiger partial charge on any atom is 0.239 e. The third-order valence-electron chi connectivity index (χ3n) is 2.92. The van der Waals surface area contributed by atoms with Crippen LogP contribution in [0.25, 0.3) is 0 Å². The van der Waals surface area contributed by atoms with E-state index in [1.54, 1.807) is 0 Å². The van der Waals surface area contributed by atoms with Crippen molar-refractivity contribution in [1.29, 1.82) is 0 Å². The Bertz CT molecular complexity index is 399. The summed E-state index contributed by atoms with van der Waals surface area (Å²) in [4.78, 5) is 10.5. The minimum Gasteiger partial charge on any atom is -0.379 e. The molecule has 0 spiro atoms. The van der Waals surface area contributed by atoms with Crippen LogP contribution in [0.3, 0.4) is 0 Å². The normalized spacial score (nSPS) is 16.3. The second-order valence-electron chi connectivity index (χ2n) is 4.27. The van der Waals surface area contributed by atoms with Gasteiger partial charge in [-0.05, 0) is 13.0 Å². The number of nitrogens with zero attached hydrogens (tertiary/aromatic N) is 3. The predicted octanol–water partition coefficient (Wildman–Crippen LogP) is 0.550. The summed E-state index contributed by atoms with van der Waals surface area (Å²) in [6, 6.07) is 0. The molecule has 0 unspecified atom stereocenters. The van der Waals surface area contributed by atoms with Gasteiger partial charge in [0, 0.05) is 19.6 Å². The van der Waals surface area contributed by atoms with E-state index in [1.807, 2.05) is 0 Å². The Morgan fingerprint density at radius 3 is 2.95 bits per heavy atom. The molecule has 0 saturated carbocycles. The predicted molar refractivity (Wildman–Crippen MR) is 75.2 cm³/mol. The minimum absolute atomic E-state index is 0.347. The maximum absolute atomic E-state index is 6.00. The summed E-state index contributed by atoms with van der Waals surface area (Å²) in [7, 11) is 0. The molecule has 2 rings (SSSR count). The van der Waals surface area contributed by atoms with Crippen LogP contribution in [-0.4, -0.2) is 54.3 Å². The van der Waals surface area contributed by atoms with E-state index in [0.717, 1.165) is 45.8 Å². The van der Waals surface area contributed by atoms with E-state index in [9.17, 15) is 0 Å². The molecular formula is C11H19ClN6O. The lowest BCUT2D eigenvalue weighted by molar-refractivity contribution is 0.0378. The van der Waals surface area contributed by atoms with Crippen LogP contribution in [0.4, 0.5) is 11.8 Å². The van der Waals surface area contributed by atoms with Crippen molar-refractivity contribution in [2.24, 2.45) is 5.84 Å². The minimum atomic E-state index is 0.347. The molecule has 1 aliphatic heterocycles. The Morgan fingerprint density at radius 1 is 1.42 bits per heavy atom. The molecule has 2 heterocycles. The zero-order valence-electron chi connectivity index (χ0n) is 10.7. The fourth-order valence-electron chi connectivity index (χ4n) is 1.89. The first-order chi connectivity index (χ1) is 9.29. The first kappa shape index (κ1) is 14.3. The van der Waals surface area contributed by atoms with Crippen LogP contribution in [0.15, 0.2) is 6.20 Å². The van der Waals surface area contributed by atoms with Gasteiger partial charge in [0.15, 0.2) is 5.82 Å². The third-order valence-corrected chi connectivity index (χ3v) is 3.20. The molecule has 1 aromatic heterocycles. The van der Waals surface area contributed by atoms with Gasteiger partial charge >= 0.3 is 0 Å². The van der Waals surface area contributed by atoms with E-state index in [2.05, 4.69) is 25.6 Å². The molecule has 1 aliphatic rings. The molecule has 8 heteroatoms. The van der Waals surface area contributed by atoms with Gasteiger partial charge in [0.1, 0.15) is 5.02 Å². The summed E-state index contributed by atoms with van der Waals surface area (Å²) in [6.45, 7) is 5.53. The van der Waals surface area contributed by atoms with Crippen LogP contribution in [0.2, 0.25) is 5.02 Å². The zero-order chi connectivity index (χ0) is 13.5. The average Bonchev–Trinajstić information content (AvgIpc) is 2.46. The number of morpholine rings is 1. The van der Waals surface area contributed by atoms with E-state index in [1.165, 1.54) is 6.20 Å². The Morgan fingerprint density at radius 2 is 2.21 bits per heavy atom. The number of ether oxygens (including phenoxy) is 1. The number of rotatable bonds is 6. The van der Waals surface area contributed by atoms with Crippen molar-refractivity contribution < 1.29 is 4.74 Å². The maximum atomic E-state index is 6.00. The van der Waals surface area contributed by atoms with Crippen LogP contribution in [-0.2, 0) is 4.74 Å². The van der Waals surface area contributed by atoms with E-state index in [-0.39, 0.29) is 0 Å². The van der Waals surface area contributed by atoms with Gasteiger partial charge in [0.2, 0.25) is 5.95 Å². The van der Waals surface area contributed by atoms with E-state index in [4.69, 9.17) is 22.2 Å². The fourth-order valence-corrected chi connectivity index (χ4v) is 2.05. The van der Waals surface area contributed by atoms with Gasteiger partial charge in [-0.2, -0.15) is 4.98 Å². The van der Waals surface area contributed by atoms with Crippen molar-refractivity contribution in [2.45, 2.75) is 6.42 Å². The molecule has 106 valence electrons. The quantitative estimate of drug-likeness (QED) is 0.400. The molecule has 0 radical (unpaired) electrons. The highest BCUT2D eigenvalue weighted by Gasteiger charge is 2.09. The van der Waals surface area contributed by atoms with Gasteiger partial charge in [0.25, 0.3) is 0 Å². The molecule has 19 heavy (non-hydrogen) atoms. The summed E-state index contributed by atoms with van der Waals surface area (Å²) in [6.07, 6.45) is 2.54. The topological polar surface area (TPSA) is 88.3 Å².